The maximum Gasteiger partial charge on any atom is 0.407 e. The lowest BCUT2D eigenvalue weighted by Gasteiger charge is -2.30. The number of halogens is 3. The number of H-pyrrole nitrogens is 2. The second-order valence-corrected chi connectivity index (χ2v) is 15.9. The van der Waals surface area contributed by atoms with Crippen molar-refractivity contribution in [3.63, 3.8) is 0 Å². The van der Waals surface area contributed by atoms with Crippen molar-refractivity contribution in [2.75, 3.05) is 26.8 Å². The zero-order valence-corrected chi connectivity index (χ0v) is 31.6. The summed E-state index contributed by atoms with van der Waals surface area (Å²) in [5, 5.41) is 2.68. The molecule has 3 N–H and O–H groups in total. The van der Waals surface area contributed by atoms with Gasteiger partial charge in [0.05, 0.1) is 55.1 Å². The highest BCUT2D eigenvalue weighted by Crippen LogP contribution is 2.60. The molecule has 4 atom stereocenters. The molecule has 5 heterocycles. The molecule has 56 heavy (non-hydrogen) atoms. The molecule has 0 bridgehead atoms. The van der Waals surface area contributed by atoms with Gasteiger partial charge in [-0.2, -0.15) is 13.2 Å². The molecular weight excluding hydrogens is 727 g/mol. The van der Waals surface area contributed by atoms with Gasteiger partial charge in [-0.3, -0.25) is 9.59 Å². The lowest BCUT2D eigenvalue weighted by Crippen LogP contribution is -2.51. The first-order chi connectivity index (χ1) is 26.8. The summed E-state index contributed by atoms with van der Waals surface area (Å²) in [7, 11) is 1.28. The SMILES string of the molecule is COC(=O)N[C@H](C(=O)N1CCC[C@H]1c1ncc(-c2ccc(-c3ccc(-c4cnc([C@@H]5C[C@@]6(CCCO6)CN5C(=O)C5(C(F)(F)F)CC5)[nH]4)cc3)cc2)[nH]1)C(C)C. The second kappa shape index (κ2) is 14.4. The molecule has 296 valence electrons. The summed E-state index contributed by atoms with van der Waals surface area (Å²) >= 11 is 0. The molecule has 4 aromatic rings. The number of ether oxygens (including phenoxy) is 2. The van der Waals surface area contributed by atoms with Gasteiger partial charge in [0.2, 0.25) is 11.8 Å². The number of amides is 3. The second-order valence-electron chi connectivity index (χ2n) is 15.9. The van der Waals surface area contributed by atoms with Gasteiger partial charge in [-0.05, 0) is 66.7 Å². The smallest absolute Gasteiger partial charge is 0.407 e. The van der Waals surface area contributed by atoms with Crippen molar-refractivity contribution in [3.05, 3.63) is 72.6 Å². The van der Waals surface area contributed by atoms with Crippen molar-refractivity contribution in [1.29, 1.82) is 0 Å². The van der Waals surface area contributed by atoms with Gasteiger partial charge in [-0.25, -0.2) is 14.8 Å². The van der Waals surface area contributed by atoms with Crippen LogP contribution in [0.15, 0.2) is 60.9 Å². The number of carbonyl (C=O) groups is 3. The monoisotopic (exact) mass is 773 g/mol. The Morgan fingerprint density at radius 1 is 0.857 bits per heavy atom. The van der Waals surface area contributed by atoms with Crippen LogP contribution in [0.5, 0.6) is 0 Å². The topological polar surface area (TPSA) is 146 Å². The lowest BCUT2D eigenvalue weighted by atomic mass is 9.96. The predicted octanol–water partition coefficient (Wildman–Crippen LogP) is 7.34. The van der Waals surface area contributed by atoms with E-state index >= 15 is 0 Å². The Kier molecular flexibility index (Phi) is 9.70. The summed E-state index contributed by atoms with van der Waals surface area (Å²) in [6, 6.07) is 14.4. The number of benzene rings is 2. The van der Waals surface area contributed by atoms with E-state index in [-0.39, 0.29) is 37.3 Å². The summed E-state index contributed by atoms with van der Waals surface area (Å²) in [6.45, 7) is 5.01. The Labute approximate surface area is 322 Å². The summed E-state index contributed by atoms with van der Waals surface area (Å²) < 4.78 is 52.8. The number of hydrogen-bond acceptors (Lipinski definition) is 7. The van der Waals surface area contributed by atoms with Crippen LogP contribution in [0.2, 0.25) is 0 Å². The minimum Gasteiger partial charge on any atom is -0.453 e. The van der Waals surface area contributed by atoms with Crippen molar-refractivity contribution >= 4 is 17.9 Å². The number of alkyl carbamates (subject to hydrolysis) is 1. The largest absolute Gasteiger partial charge is 0.453 e. The molecule has 0 radical (unpaired) electrons. The molecule has 1 saturated carbocycles. The van der Waals surface area contributed by atoms with Crippen molar-refractivity contribution in [2.45, 2.75) is 88.7 Å². The Balaban J connectivity index is 0.946. The van der Waals surface area contributed by atoms with E-state index in [1.54, 1.807) is 17.3 Å². The van der Waals surface area contributed by atoms with E-state index in [0.29, 0.717) is 43.3 Å². The molecule has 1 spiro atoms. The Morgan fingerprint density at radius 2 is 1.43 bits per heavy atom. The van der Waals surface area contributed by atoms with Crippen LogP contribution in [-0.4, -0.2) is 92.3 Å². The molecule has 3 saturated heterocycles. The number of imidazole rings is 2. The van der Waals surface area contributed by atoms with Crippen LogP contribution in [-0.2, 0) is 19.1 Å². The van der Waals surface area contributed by atoms with Crippen molar-refractivity contribution in [1.82, 2.24) is 35.1 Å². The van der Waals surface area contributed by atoms with E-state index in [0.717, 1.165) is 47.2 Å². The number of hydrogen-bond donors (Lipinski definition) is 3. The summed E-state index contributed by atoms with van der Waals surface area (Å²) in [5.74, 6) is -0.00365. The molecule has 3 amide bonds. The van der Waals surface area contributed by atoms with E-state index < -0.39 is 41.3 Å². The maximum atomic E-state index is 14.0. The number of aromatic nitrogens is 4. The minimum absolute atomic E-state index is 0.124. The molecule has 4 aliphatic rings. The third-order valence-electron chi connectivity index (χ3n) is 12.0. The number of aromatic amines is 2. The Morgan fingerprint density at radius 3 is 1.93 bits per heavy atom. The lowest BCUT2D eigenvalue weighted by molar-refractivity contribution is -0.199. The third kappa shape index (κ3) is 6.83. The van der Waals surface area contributed by atoms with Gasteiger partial charge in [0.25, 0.3) is 0 Å². The molecule has 1 aliphatic carbocycles. The van der Waals surface area contributed by atoms with Crippen LogP contribution in [0.1, 0.15) is 82.5 Å². The predicted molar refractivity (Wildman–Crippen MR) is 200 cm³/mol. The van der Waals surface area contributed by atoms with Crippen LogP contribution in [0.4, 0.5) is 18.0 Å². The zero-order chi connectivity index (χ0) is 39.4. The van der Waals surface area contributed by atoms with E-state index in [9.17, 15) is 27.6 Å². The highest BCUT2D eigenvalue weighted by atomic mass is 19.4. The molecule has 0 unspecified atom stereocenters. The van der Waals surface area contributed by atoms with E-state index in [1.165, 1.54) is 12.0 Å². The van der Waals surface area contributed by atoms with Crippen LogP contribution >= 0.6 is 0 Å². The van der Waals surface area contributed by atoms with Gasteiger partial charge < -0.3 is 34.6 Å². The average Bonchev–Trinajstić information content (AvgIpc) is 3.80. The third-order valence-corrected chi connectivity index (χ3v) is 12.0. The number of nitrogens with one attached hydrogen (secondary N) is 3. The highest BCUT2D eigenvalue weighted by molar-refractivity contribution is 5.87. The molecule has 2 aromatic carbocycles. The molecule has 8 rings (SSSR count). The molecule has 15 heteroatoms. The first-order valence-electron chi connectivity index (χ1n) is 19.3. The quantitative estimate of drug-likeness (QED) is 0.161. The fraction of sp³-hybridized carbons (Fsp3) is 0.488. The van der Waals surface area contributed by atoms with E-state index in [4.69, 9.17) is 9.47 Å². The average molecular weight is 774 g/mol. The normalized spacial score (nSPS) is 23.6. The molecule has 2 aromatic heterocycles. The standard InChI is InChI=1S/C41H46F3N7O5/c1-24(2)33(49-38(54)55-3)36(52)50-18-4-6-31(50)34-45-21-29(47-34)27-11-7-25(8-12-27)26-9-13-28(14-10-26)30-22-46-35(48-30)32-20-39(15-5-19-56-39)23-51(32)37(53)40(16-17-40)41(42,43)44/h7-14,21-22,24,31-33H,4-6,15-20,23H2,1-3H3,(H,45,47)(H,46,48)(H,49,54)/t31-,32-,33-,39-/m0/s1. The fourth-order valence-corrected chi connectivity index (χ4v) is 8.65. The van der Waals surface area contributed by atoms with Crippen LogP contribution in [0, 0.1) is 11.3 Å². The van der Waals surface area contributed by atoms with E-state index in [1.807, 2.05) is 62.4 Å². The molecule has 3 aliphatic heterocycles. The summed E-state index contributed by atoms with van der Waals surface area (Å²) in [5.41, 5.74) is 2.35. The zero-order valence-electron chi connectivity index (χ0n) is 31.6. The molecule has 4 fully saturated rings. The number of carbonyl (C=O) groups excluding carboxylic acids is 3. The number of rotatable bonds is 9. The van der Waals surface area contributed by atoms with Crippen molar-refractivity contribution in [2.24, 2.45) is 11.3 Å². The first kappa shape index (κ1) is 37.7. The van der Waals surface area contributed by atoms with Gasteiger partial charge in [0, 0.05) is 19.6 Å². The number of likely N-dealkylation sites (tertiary alicyclic amines) is 2. The Hall–Kier alpha value is -5.18. The first-order valence-corrected chi connectivity index (χ1v) is 19.3. The Bertz CT molecular complexity index is 2080. The maximum absolute atomic E-state index is 14.0. The van der Waals surface area contributed by atoms with Gasteiger partial charge in [-0.15, -0.1) is 0 Å². The summed E-state index contributed by atoms with van der Waals surface area (Å²) in [6.07, 6.45) is 1.33. The van der Waals surface area contributed by atoms with Gasteiger partial charge in [0.1, 0.15) is 23.1 Å². The number of nitrogens with zero attached hydrogens (tertiary/aromatic N) is 4. The van der Waals surface area contributed by atoms with Crippen LogP contribution < -0.4 is 5.32 Å². The highest BCUT2D eigenvalue weighted by Gasteiger charge is 2.71. The molecular formula is C41H46F3N7O5. The van der Waals surface area contributed by atoms with Crippen molar-refractivity contribution < 1.29 is 37.0 Å². The number of alkyl halides is 3. The molecule has 12 nitrogen and oxygen atoms in total. The van der Waals surface area contributed by atoms with E-state index in [2.05, 4.69) is 25.3 Å². The number of methoxy groups -OCH3 is 1. The van der Waals surface area contributed by atoms with Crippen LogP contribution in [0.3, 0.4) is 0 Å². The van der Waals surface area contributed by atoms with Gasteiger partial charge in [0.15, 0.2) is 0 Å². The summed E-state index contributed by atoms with van der Waals surface area (Å²) in [4.78, 5) is 58.1. The minimum atomic E-state index is -4.59. The van der Waals surface area contributed by atoms with Gasteiger partial charge in [-0.1, -0.05) is 62.4 Å². The fourth-order valence-electron chi connectivity index (χ4n) is 8.65. The van der Waals surface area contributed by atoms with Crippen molar-refractivity contribution in [3.8, 4) is 33.6 Å². The van der Waals surface area contributed by atoms with Crippen LogP contribution in [0.25, 0.3) is 33.6 Å². The van der Waals surface area contributed by atoms with Gasteiger partial charge >= 0.3 is 12.3 Å².